The normalized spacial score (nSPS) is 12.2. The van der Waals surface area contributed by atoms with Crippen LogP contribution in [0.4, 0.5) is 0 Å². The van der Waals surface area contributed by atoms with Gasteiger partial charge in [-0.05, 0) is 56.9 Å². The lowest BCUT2D eigenvalue weighted by molar-refractivity contribution is -0.170. The van der Waals surface area contributed by atoms with E-state index in [1.807, 2.05) is 30.5 Å². The molecule has 0 saturated heterocycles. The Bertz CT molecular complexity index is 1090. The molecule has 39 heavy (non-hydrogen) atoms. The van der Waals surface area contributed by atoms with Crippen LogP contribution in [0.25, 0.3) is 0 Å². The second kappa shape index (κ2) is 14.9. The predicted molar refractivity (Wildman–Crippen MR) is 138 cm³/mol. The fourth-order valence-corrected chi connectivity index (χ4v) is 3.79. The summed E-state index contributed by atoms with van der Waals surface area (Å²) in [5, 5.41) is 33.8. The topological polar surface area (TPSA) is 179 Å². The first kappa shape index (κ1) is 31.3. The quantitative estimate of drug-likeness (QED) is 0.267. The summed E-state index contributed by atoms with van der Waals surface area (Å²) in [6.45, 7) is 3.91. The predicted octanol–water partition coefficient (Wildman–Crippen LogP) is 1.52. The summed E-state index contributed by atoms with van der Waals surface area (Å²) in [6.07, 6.45) is 0.654. The standard InChI is InChI=1S/C20H27N3O3.C6H8O7/c1-22(2)9-6-10-23(14-17-7-4-5-8-21-17)13-16-11-18(24-3)20-19(12-16)25-15-26-20;7-3(8)1-6(13,5(11)12)2-4(9)10/h4-5,7-8,11-12H,6,9-10,13-15H2,1-3H3;13H,1-2H2,(H,7,8)(H,9,10)(H,11,12). The number of methoxy groups -OCH3 is 1. The number of aromatic nitrogens is 1. The summed E-state index contributed by atoms with van der Waals surface area (Å²) in [5.41, 5.74) is -0.519. The highest BCUT2D eigenvalue weighted by atomic mass is 16.7. The summed E-state index contributed by atoms with van der Waals surface area (Å²) in [4.78, 5) is 39.6. The first-order chi connectivity index (χ1) is 18.4. The van der Waals surface area contributed by atoms with Crippen molar-refractivity contribution in [2.45, 2.75) is 38.0 Å². The smallest absolute Gasteiger partial charge is 0.336 e. The van der Waals surface area contributed by atoms with E-state index in [0.717, 1.165) is 55.4 Å². The number of hydrogen-bond acceptors (Lipinski definition) is 10. The number of ether oxygens (including phenoxy) is 3. The van der Waals surface area contributed by atoms with E-state index in [2.05, 4.69) is 34.9 Å². The number of hydrogen-bond donors (Lipinski definition) is 4. The van der Waals surface area contributed by atoms with Crippen molar-refractivity contribution in [3.63, 3.8) is 0 Å². The van der Waals surface area contributed by atoms with Gasteiger partial charge in [0.1, 0.15) is 0 Å². The van der Waals surface area contributed by atoms with E-state index in [0.29, 0.717) is 5.75 Å². The van der Waals surface area contributed by atoms with Gasteiger partial charge in [0.05, 0.1) is 25.6 Å². The van der Waals surface area contributed by atoms with Crippen molar-refractivity contribution in [3.8, 4) is 17.2 Å². The van der Waals surface area contributed by atoms with Crippen LogP contribution in [0, 0.1) is 0 Å². The number of nitrogens with zero attached hydrogens (tertiary/aromatic N) is 3. The molecule has 13 heteroatoms. The van der Waals surface area contributed by atoms with Crippen molar-refractivity contribution < 1.29 is 49.0 Å². The third-order valence-corrected chi connectivity index (χ3v) is 5.60. The zero-order chi connectivity index (χ0) is 29.0. The molecule has 1 aliphatic rings. The molecule has 0 bridgehead atoms. The molecule has 2 heterocycles. The summed E-state index contributed by atoms with van der Waals surface area (Å²) in [7, 11) is 5.86. The van der Waals surface area contributed by atoms with Gasteiger partial charge in [0, 0.05) is 25.8 Å². The Kier molecular flexibility index (Phi) is 11.9. The molecule has 1 aromatic heterocycles. The third kappa shape index (κ3) is 10.4. The number of fused-ring (bicyclic) bond motifs is 1. The highest BCUT2D eigenvalue weighted by Crippen LogP contribution is 2.42. The van der Waals surface area contributed by atoms with E-state index in [4.69, 9.17) is 34.6 Å². The van der Waals surface area contributed by atoms with Crippen molar-refractivity contribution in [3.05, 3.63) is 47.8 Å². The molecule has 1 aliphatic heterocycles. The maximum atomic E-state index is 10.3. The van der Waals surface area contributed by atoms with Crippen molar-refractivity contribution in [2.75, 3.05) is 41.1 Å². The lowest BCUT2D eigenvalue weighted by Gasteiger charge is -2.23. The molecule has 0 saturated carbocycles. The van der Waals surface area contributed by atoms with Gasteiger partial charge in [-0.2, -0.15) is 0 Å². The van der Waals surface area contributed by atoms with Crippen LogP contribution >= 0.6 is 0 Å². The molecule has 13 nitrogen and oxygen atoms in total. The molecule has 2 aromatic rings. The number of pyridine rings is 1. The zero-order valence-electron chi connectivity index (χ0n) is 22.2. The molecule has 214 valence electrons. The molecule has 4 N–H and O–H groups in total. The summed E-state index contributed by atoms with van der Waals surface area (Å²) in [5.74, 6) is -2.85. The Labute approximate surface area is 226 Å². The molecular formula is C26H35N3O10. The highest BCUT2D eigenvalue weighted by molar-refractivity contribution is 5.88. The van der Waals surface area contributed by atoms with Crippen molar-refractivity contribution in [1.82, 2.24) is 14.8 Å². The maximum absolute atomic E-state index is 10.3. The fraction of sp³-hybridized carbons (Fsp3) is 0.462. The monoisotopic (exact) mass is 549 g/mol. The van der Waals surface area contributed by atoms with Gasteiger partial charge in [0.2, 0.25) is 12.5 Å². The van der Waals surface area contributed by atoms with Gasteiger partial charge < -0.3 is 39.5 Å². The molecule has 0 atom stereocenters. The van der Waals surface area contributed by atoms with Gasteiger partial charge in [-0.1, -0.05) is 6.07 Å². The minimum atomic E-state index is -2.74. The molecule has 0 amide bonds. The zero-order valence-corrected chi connectivity index (χ0v) is 22.2. The number of aliphatic hydroxyl groups is 1. The number of rotatable bonds is 14. The average Bonchev–Trinajstić information content (AvgIpc) is 3.32. The average molecular weight is 550 g/mol. The van der Waals surface area contributed by atoms with Crippen molar-refractivity contribution in [1.29, 1.82) is 0 Å². The lowest BCUT2D eigenvalue weighted by Crippen LogP contribution is -2.42. The van der Waals surface area contributed by atoms with Crippen molar-refractivity contribution in [2.24, 2.45) is 0 Å². The first-order valence-electron chi connectivity index (χ1n) is 12.1. The lowest BCUT2D eigenvalue weighted by atomic mass is 9.96. The van der Waals surface area contributed by atoms with Crippen LogP contribution in [-0.2, 0) is 27.5 Å². The van der Waals surface area contributed by atoms with Crippen LogP contribution in [0.2, 0.25) is 0 Å². The SMILES string of the molecule is COc1cc(CN(CCCN(C)C)Cc2ccccn2)cc2c1OCO2.O=C(O)CC(O)(CC(=O)O)C(=O)O. The Morgan fingerprint density at radius 2 is 1.72 bits per heavy atom. The van der Waals surface area contributed by atoms with Crippen LogP contribution in [0.15, 0.2) is 36.5 Å². The van der Waals surface area contributed by atoms with E-state index in [1.165, 1.54) is 0 Å². The van der Waals surface area contributed by atoms with E-state index >= 15 is 0 Å². The minimum absolute atomic E-state index is 0.246. The van der Waals surface area contributed by atoms with Crippen LogP contribution in [0.3, 0.4) is 0 Å². The molecule has 0 aliphatic carbocycles. The van der Waals surface area contributed by atoms with Gasteiger partial charge in [-0.15, -0.1) is 0 Å². The number of carbonyl (C=O) groups is 3. The van der Waals surface area contributed by atoms with Crippen LogP contribution in [-0.4, -0.2) is 99.8 Å². The third-order valence-electron chi connectivity index (χ3n) is 5.60. The van der Waals surface area contributed by atoms with Crippen LogP contribution in [0.5, 0.6) is 17.2 Å². The molecule has 3 rings (SSSR count). The van der Waals surface area contributed by atoms with Gasteiger partial charge in [0.25, 0.3) is 0 Å². The maximum Gasteiger partial charge on any atom is 0.336 e. The molecule has 1 aromatic carbocycles. The number of carboxylic acids is 3. The molecule has 0 unspecified atom stereocenters. The Balaban J connectivity index is 0.000000349. The van der Waals surface area contributed by atoms with Crippen LogP contribution in [0.1, 0.15) is 30.5 Å². The first-order valence-corrected chi connectivity index (χ1v) is 12.1. The summed E-state index contributed by atoms with van der Waals surface area (Å²) < 4.78 is 16.5. The molecule has 0 fully saturated rings. The van der Waals surface area contributed by atoms with Gasteiger partial charge in [0.15, 0.2) is 17.1 Å². The number of aliphatic carboxylic acids is 3. The Morgan fingerprint density at radius 1 is 1.03 bits per heavy atom. The largest absolute Gasteiger partial charge is 0.493 e. The fourth-order valence-electron chi connectivity index (χ4n) is 3.79. The molecule has 0 radical (unpaired) electrons. The Hall–Kier alpha value is -3.94. The molecular weight excluding hydrogens is 514 g/mol. The van der Waals surface area contributed by atoms with Crippen molar-refractivity contribution >= 4 is 17.9 Å². The summed E-state index contributed by atoms with van der Waals surface area (Å²) >= 11 is 0. The Morgan fingerprint density at radius 3 is 2.26 bits per heavy atom. The minimum Gasteiger partial charge on any atom is -0.493 e. The number of benzene rings is 1. The van der Waals surface area contributed by atoms with Gasteiger partial charge in [-0.25, -0.2) is 4.79 Å². The van der Waals surface area contributed by atoms with E-state index in [-0.39, 0.29) is 6.79 Å². The number of carboxylic acid groups (broad SMARTS) is 3. The second-order valence-corrected chi connectivity index (χ2v) is 9.20. The van der Waals surface area contributed by atoms with Gasteiger partial charge in [-0.3, -0.25) is 19.5 Å². The summed E-state index contributed by atoms with van der Waals surface area (Å²) in [6, 6.07) is 10.1. The van der Waals surface area contributed by atoms with E-state index in [1.54, 1.807) is 7.11 Å². The van der Waals surface area contributed by atoms with Crippen LogP contribution < -0.4 is 14.2 Å². The van der Waals surface area contributed by atoms with E-state index < -0.39 is 36.4 Å². The molecule has 0 spiro atoms. The van der Waals surface area contributed by atoms with E-state index in [9.17, 15) is 14.4 Å². The van der Waals surface area contributed by atoms with Gasteiger partial charge >= 0.3 is 17.9 Å². The second-order valence-electron chi connectivity index (χ2n) is 9.20. The highest BCUT2D eigenvalue weighted by Gasteiger charge is 2.40.